The number of hydrogen-bond acceptors (Lipinski definition) is 1. The minimum absolute atomic E-state index is 0.599. The molecule has 0 aromatic heterocycles. The maximum atomic E-state index is 8.76. The van der Waals surface area contributed by atoms with Crippen LogP contribution >= 0.6 is 0 Å². The van der Waals surface area contributed by atoms with Crippen LogP contribution in [-0.2, 0) is 0 Å². The first-order chi connectivity index (χ1) is 7.06. The van der Waals surface area contributed by atoms with Gasteiger partial charge in [-0.3, -0.25) is 0 Å². The molecule has 0 bridgehead atoms. The van der Waals surface area contributed by atoms with Gasteiger partial charge in [0.25, 0.3) is 0 Å². The average molecular weight is 209 g/mol. The fourth-order valence-corrected chi connectivity index (χ4v) is 2.28. The largest absolute Gasteiger partial charge is 0.198 e. The van der Waals surface area contributed by atoms with E-state index in [2.05, 4.69) is 40.7 Å². The summed E-state index contributed by atoms with van der Waals surface area (Å²) in [5.41, 5.74) is 0. The van der Waals surface area contributed by atoms with Crippen molar-refractivity contribution in [1.29, 1.82) is 5.26 Å². The van der Waals surface area contributed by atoms with E-state index in [0.717, 1.165) is 24.7 Å². The van der Waals surface area contributed by atoms with Gasteiger partial charge in [0.1, 0.15) is 0 Å². The van der Waals surface area contributed by atoms with Crippen molar-refractivity contribution < 1.29 is 0 Å². The Bertz CT molecular complexity index is 192. The van der Waals surface area contributed by atoms with E-state index in [1.165, 1.54) is 12.8 Å². The molecule has 0 aliphatic heterocycles. The number of nitrogens with zero attached hydrogens (tertiary/aromatic N) is 1. The van der Waals surface area contributed by atoms with E-state index in [-0.39, 0.29) is 0 Å². The van der Waals surface area contributed by atoms with E-state index in [9.17, 15) is 0 Å². The summed E-state index contributed by atoms with van der Waals surface area (Å²) in [6.07, 6.45) is 4.41. The Morgan fingerprint density at radius 2 is 1.53 bits per heavy atom. The normalized spacial score (nSPS) is 18.9. The van der Waals surface area contributed by atoms with Crippen LogP contribution < -0.4 is 0 Å². The van der Waals surface area contributed by atoms with Gasteiger partial charge in [-0.15, -0.1) is 0 Å². The number of rotatable bonds is 7. The van der Waals surface area contributed by atoms with Crippen molar-refractivity contribution in [2.24, 2.45) is 23.7 Å². The molecule has 0 aliphatic rings. The molecule has 0 spiro atoms. The Kier molecular flexibility index (Phi) is 7.48. The summed E-state index contributed by atoms with van der Waals surface area (Å²) in [6, 6.07) is 2.32. The van der Waals surface area contributed by atoms with Gasteiger partial charge in [-0.05, 0) is 30.1 Å². The maximum absolute atomic E-state index is 8.76. The van der Waals surface area contributed by atoms with E-state index in [1.807, 2.05) is 0 Å². The minimum Gasteiger partial charge on any atom is -0.198 e. The van der Waals surface area contributed by atoms with Crippen LogP contribution in [0.3, 0.4) is 0 Å². The van der Waals surface area contributed by atoms with Crippen molar-refractivity contribution in [2.45, 2.75) is 60.3 Å². The predicted molar refractivity (Wildman–Crippen MR) is 66.4 cm³/mol. The maximum Gasteiger partial charge on any atom is 0.0624 e. The van der Waals surface area contributed by atoms with Gasteiger partial charge in [-0.25, -0.2) is 0 Å². The summed E-state index contributed by atoms with van der Waals surface area (Å²) < 4.78 is 0. The van der Waals surface area contributed by atoms with E-state index in [1.54, 1.807) is 0 Å². The standard InChI is InChI=1S/C14H27N/c1-6-11(3)12(4)10-13(5)14(7-2)8-9-15/h11-14H,6-8,10H2,1-5H3. The SMILES string of the molecule is CCC(C)C(C)CC(C)C(CC)CC#N. The van der Waals surface area contributed by atoms with Crippen molar-refractivity contribution >= 4 is 0 Å². The van der Waals surface area contributed by atoms with Gasteiger partial charge >= 0.3 is 0 Å². The highest BCUT2D eigenvalue weighted by molar-refractivity contribution is 4.79. The Morgan fingerprint density at radius 3 is 1.93 bits per heavy atom. The van der Waals surface area contributed by atoms with Crippen LogP contribution in [0.5, 0.6) is 0 Å². The van der Waals surface area contributed by atoms with Crippen LogP contribution in [-0.4, -0.2) is 0 Å². The molecule has 0 heterocycles. The molecule has 4 unspecified atom stereocenters. The first kappa shape index (κ1) is 14.5. The van der Waals surface area contributed by atoms with Crippen molar-refractivity contribution in [3.05, 3.63) is 0 Å². The summed E-state index contributed by atoms with van der Waals surface area (Å²) in [7, 11) is 0. The molecular formula is C14H27N. The van der Waals surface area contributed by atoms with E-state index in [0.29, 0.717) is 11.8 Å². The lowest BCUT2D eigenvalue weighted by Gasteiger charge is -2.26. The summed E-state index contributed by atoms with van der Waals surface area (Å²) in [5.74, 6) is 2.89. The first-order valence-corrected chi connectivity index (χ1v) is 6.43. The molecule has 88 valence electrons. The van der Waals surface area contributed by atoms with Gasteiger partial charge in [0.05, 0.1) is 6.07 Å². The zero-order valence-electron chi connectivity index (χ0n) is 11.1. The molecule has 0 aromatic rings. The second-order valence-corrected chi connectivity index (χ2v) is 5.11. The van der Waals surface area contributed by atoms with Gasteiger partial charge in [0.2, 0.25) is 0 Å². The van der Waals surface area contributed by atoms with Gasteiger partial charge in [-0.1, -0.05) is 47.5 Å². The monoisotopic (exact) mass is 209 g/mol. The Hall–Kier alpha value is -0.510. The molecule has 15 heavy (non-hydrogen) atoms. The molecule has 0 aromatic carbocycles. The van der Waals surface area contributed by atoms with Crippen molar-refractivity contribution in [2.75, 3.05) is 0 Å². The Morgan fingerprint density at radius 1 is 0.933 bits per heavy atom. The van der Waals surface area contributed by atoms with Gasteiger partial charge in [-0.2, -0.15) is 5.26 Å². The van der Waals surface area contributed by atoms with E-state index < -0.39 is 0 Å². The highest BCUT2D eigenvalue weighted by Crippen LogP contribution is 2.29. The Labute approximate surface area is 95.9 Å². The van der Waals surface area contributed by atoms with E-state index in [4.69, 9.17) is 5.26 Å². The molecule has 0 saturated heterocycles. The highest BCUT2D eigenvalue weighted by Gasteiger charge is 2.20. The molecule has 0 saturated carbocycles. The summed E-state index contributed by atoms with van der Waals surface area (Å²) >= 11 is 0. The fraction of sp³-hybridized carbons (Fsp3) is 0.929. The van der Waals surface area contributed by atoms with E-state index >= 15 is 0 Å². The predicted octanol–water partition coefficient (Wildman–Crippen LogP) is 4.63. The molecule has 0 radical (unpaired) electrons. The van der Waals surface area contributed by atoms with Crippen LogP contribution in [0.1, 0.15) is 60.3 Å². The quantitative estimate of drug-likeness (QED) is 0.599. The first-order valence-electron chi connectivity index (χ1n) is 6.43. The van der Waals surface area contributed by atoms with Crippen LogP contribution in [0.25, 0.3) is 0 Å². The summed E-state index contributed by atoms with van der Waals surface area (Å²) in [4.78, 5) is 0. The fourth-order valence-electron chi connectivity index (χ4n) is 2.28. The van der Waals surface area contributed by atoms with Crippen LogP contribution in [0.2, 0.25) is 0 Å². The van der Waals surface area contributed by atoms with Crippen LogP contribution in [0.15, 0.2) is 0 Å². The van der Waals surface area contributed by atoms with Crippen molar-refractivity contribution in [3.8, 4) is 6.07 Å². The van der Waals surface area contributed by atoms with Crippen LogP contribution in [0, 0.1) is 35.0 Å². The molecule has 0 amide bonds. The topological polar surface area (TPSA) is 23.8 Å². The highest BCUT2D eigenvalue weighted by atomic mass is 14.3. The third-order valence-electron chi connectivity index (χ3n) is 4.04. The van der Waals surface area contributed by atoms with Crippen molar-refractivity contribution in [1.82, 2.24) is 0 Å². The van der Waals surface area contributed by atoms with Crippen molar-refractivity contribution in [3.63, 3.8) is 0 Å². The Balaban J connectivity index is 4.09. The third-order valence-corrected chi connectivity index (χ3v) is 4.04. The lowest BCUT2D eigenvalue weighted by Crippen LogP contribution is -2.17. The molecule has 0 aliphatic carbocycles. The average Bonchev–Trinajstić information content (AvgIpc) is 2.24. The molecule has 0 fully saturated rings. The zero-order chi connectivity index (χ0) is 11.8. The molecule has 4 atom stereocenters. The lowest BCUT2D eigenvalue weighted by molar-refractivity contribution is 0.245. The summed E-state index contributed by atoms with van der Waals surface area (Å²) in [6.45, 7) is 11.5. The molecule has 0 rings (SSSR count). The smallest absolute Gasteiger partial charge is 0.0624 e. The second kappa shape index (κ2) is 7.74. The second-order valence-electron chi connectivity index (χ2n) is 5.11. The number of nitriles is 1. The number of hydrogen-bond donors (Lipinski definition) is 0. The van der Waals surface area contributed by atoms with Gasteiger partial charge in [0, 0.05) is 6.42 Å². The summed E-state index contributed by atoms with van der Waals surface area (Å²) in [5, 5.41) is 8.76. The van der Waals surface area contributed by atoms with Gasteiger partial charge in [0.15, 0.2) is 0 Å². The lowest BCUT2D eigenvalue weighted by atomic mass is 9.79. The zero-order valence-corrected chi connectivity index (χ0v) is 11.1. The molecule has 0 N–H and O–H groups in total. The molecule has 1 nitrogen and oxygen atoms in total. The van der Waals surface area contributed by atoms with Crippen LogP contribution in [0.4, 0.5) is 0 Å². The van der Waals surface area contributed by atoms with Gasteiger partial charge < -0.3 is 0 Å². The molecular weight excluding hydrogens is 182 g/mol. The minimum atomic E-state index is 0.599. The molecule has 1 heteroatoms. The third kappa shape index (κ3) is 5.21.